The van der Waals surface area contributed by atoms with Gasteiger partial charge in [0.25, 0.3) is 0 Å². The Kier molecular flexibility index (Phi) is 4.61. The molecule has 0 fully saturated rings. The monoisotopic (exact) mass is 277 g/mol. The molecule has 0 aliphatic carbocycles. The Balaban J connectivity index is 2.12. The van der Waals surface area contributed by atoms with E-state index in [1.165, 1.54) is 11.1 Å². The molecule has 0 spiro atoms. The lowest BCUT2D eigenvalue weighted by Crippen LogP contribution is -2.18. The highest BCUT2D eigenvalue weighted by Gasteiger charge is 2.13. The van der Waals surface area contributed by atoms with Gasteiger partial charge in [0.15, 0.2) is 0 Å². The predicted octanol–water partition coefficient (Wildman–Crippen LogP) is 3.28. The summed E-state index contributed by atoms with van der Waals surface area (Å²) in [6.45, 7) is 2.12. The zero-order valence-electron chi connectivity index (χ0n) is 11.7. The smallest absolute Gasteiger partial charge is 0.108 e. The van der Waals surface area contributed by atoms with Crippen LogP contribution in [0.3, 0.4) is 0 Å². The van der Waals surface area contributed by atoms with Crippen molar-refractivity contribution >= 4 is 11.6 Å². The highest BCUT2D eigenvalue weighted by Crippen LogP contribution is 2.25. The zero-order valence-corrected chi connectivity index (χ0v) is 12.4. The van der Waals surface area contributed by atoms with Gasteiger partial charge in [-0.05, 0) is 43.7 Å². The summed E-state index contributed by atoms with van der Waals surface area (Å²) in [4.78, 5) is 4.36. The number of aromatic nitrogens is 2. The summed E-state index contributed by atoms with van der Waals surface area (Å²) < 4.78 is 2.07. The Hall–Kier alpha value is -1.32. The molecular formula is C15H20ClN3. The fourth-order valence-corrected chi connectivity index (χ4v) is 2.53. The van der Waals surface area contributed by atoms with Crippen LogP contribution >= 0.6 is 11.6 Å². The van der Waals surface area contributed by atoms with Crippen LogP contribution < -0.4 is 5.32 Å². The van der Waals surface area contributed by atoms with E-state index in [0.717, 1.165) is 23.7 Å². The molecule has 0 bridgehead atoms. The van der Waals surface area contributed by atoms with E-state index >= 15 is 0 Å². The largest absolute Gasteiger partial charge is 0.338 e. The van der Waals surface area contributed by atoms with Crippen LogP contribution in [0.4, 0.5) is 0 Å². The highest BCUT2D eigenvalue weighted by molar-refractivity contribution is 6.30. The average molecular weight is 278 g/mol. The number of rotatable bonds is 5. The summed E-state index contributed by atoms with van der Waals surface area (Å²) in [7, 11) is 4.02. The molecule has 0 saturated heterocycles. The maximum atomic E-state index is 6.10. The zero-order chi connectivity index (χ0) is 13.8. The van der Waals surface area contributed by atoms with Crippen molar-refractivity contribution in [2.75, 3.05) is 7.05 Å². The second-order valence-corrected chi connectivity index (χ2v) is 5.27. The molecule has 1 atom stereocenters. The first kappa shape index (κ1) is 14.1. The SMILES string of the molecule is CNC(CCc1nccn1C)c1cc(Cl)ccc1C. The lowest BCUT2D eigenvalue weighted by atomic mass is 9.97. The third-order valence-electron chi connectivity index (χ3n) is 3.54. The van der Waals surface area contributed by atoms with Gasteiger partial charge >= 0.3 is 0 Å². The van der Waals surface area contributed by atoms with E-state index in [1.54, 1.807) is 0 Å². The maximum Gasteiger partial charge on any atom is 0.108 e. The standard InChI is InChI=1S/C15H20ClN3/c1-11-4-5-12(16)10-13(11)14(17-2)6-7-15-18-8-9-19(15)3/h4-5,8-10,14,17H,6-7H2,1-3H3. The third kappa shape index (κ3) is 3.37. The van der Waals surface area contributed by atoms with Crippen molar-refractivity contribution in [1.82, 2.24) is 14.9 Å². The van der Waals surface area contributed by atoms with Crippen molar-refractivity contribution in [3.63, 3.8) is 0 Å². The molecule has 102 valence electrons. The van der Waals surface area contributed by atoms with Gasteiger partial charge in [0.1, 0.15) is 5.82 Å². The topological polar surface area (TPSA) is 29.9 Å². The number of hydrogen-bond acceptors (Lipinski definition) is 2. The van der Waals surface area contributed by atoms with Crippen LogP contribution in [-0.4, -0.2) is 16.6 Å². The molecule has 1 aromatic heterocycles. The fourth-order valence-electron chi connectivity index (χ4n) is 2.35. The van der Waals surface area contributed by atoms with Crippen molar-refractivity contribution in [2.45, 2.75) is 25.8 Å². The number of hydrogen-bond donors (Lipinski definition) is 1. The van der Waals surface area contributed by atoms with Crippen LogP contribution in [0.5, 0.6) is 0 Å². The van der Waals surface area contributed by atoms with Crippen molar-refractivity contribution in [3.8, 4) is 0 Å². The van der Waals surface area contributed by atoms with E-state index in [9.17, 15) is 0 Å². The van der Waals surface area contributed by atoms with Crippen molar-refractivity contribution < 1.29 is 0 Å². The Bertz CT molecular complexity index is 548. The van der Waals surface area contributed by atoms with Crippen molar-refractivity contribution in [3.05, 3.63) is 52.6 Å². The quantitative estimate of drug-likeness (QED) is 0.909. The first-order valence-electron chi connectivity index (χ1n) is 6.51. The van der Waals surface area contributed by atoms with Gasteiger partial charge in [0.2, 0.25) is 0 Å². The number of nitrogens with one attached hydrogen (secondary N) is 1. The molecule has 0 aliphatic heterocycles. The Morgan fingerprint density at radius 2 is 2.21 bits per heavy atom. The average Bonchev–Trinajstić information content (AvgIpc) is 2.80. The molecule has 3 nitrogen and oxygen atoms in total. The lowest BCUT2D eigenvalue weighted by molar-refractivity contribution is 0.534. The molecule has 1 N–H and O–H groups in total. The van der Waals surface area contributed by atoms with Gasteiger partial charge in [-0.2, -0.15) is 0 Å². The van der Waals surface area contributed by atoms with E-state index in [-0.39, 0.29) is 0 Å². The summed E-state index contributed by atoms with van der Waals surface area (Å²) in [5.74, 6) is 1.11. The molecule has 0 aliphatic rings. The molecule has 2 rings (SSSR count). The van der Waals surface area contributed by atoms with Gasteiger partial charge in [-0.3, -0.25) is 0 Å². The molecule has 2 aromatic rings. The van der Waals surface area contributed by atoms with E-state index in [1.807, 2.05) is 32.6 Å². The minimum atomic E-state index is 0.301. The van der Waals surface area contributed by atoms with Crippen LogP contribution in [-0.2, 0) is 13.5 Å². The lowest BCUT2D eigenvalue weighted by Gasteiger charge is -2.19. The first-order chi connectivity index (χ1) is 9.11. The van der Waals surface area contributed by atoms with Crippen molar-refractivity contribution in [1.29, 1.82) is 0 Å². The predicted molar refractivity (Wildman–Crippen MR) is 79.5 cm³/mol. The van der Waals surface area contributed by atoms with E-state index in [2.05, 4.69) is 33.9 Å². The number of imidazole rings is 1. The molecular weight excluding hydrogens is 258 g/mol. The summed E-state index contributed by atoms with van der Waals surface area (Å²) in [5.41, 5.74) is 2.53. The number of halogens is 1. The van der Waals surface area contributed by atoms with Gasteiger partial charge in [0.05, 0.1) is 0 Å². The van der Waals surface area contributed by atoms with Crippen LogP contribution in [0.15, 0.2) is 30.6 Å². The molecule has 1 aromatic carbocycles. The van der Waals surface area contributed by atoms with Crippen LogP contribution in [0.25, 0.3) is 0 Å². The molecule has 0 amide bonds. The summed E-state index contributed by atoms with van der Waals surface area (Å²) in [5, 5.41) is 4.16. The maximum absolute atomic E-state index is 6.10. The number of aryl methyl sites for hydroxylation is 3. The molecule has 4 heteroatoms. The Labute approximate surface area is 119 Å². The third-order valence-corrected chi connectivity index (χ3v) is 3.78. The minimum absolute atomic E-state index is 0.301. The van der Waals surface area contributed by atoms with Crippen molar-refractivity contribution in [2.24, 2.45) is 7.05 Å². The Morgan fingerprint density at radius 3 is 2.84 bits per heavy atom. The van der Waals surface area contributed by atoms with Gasteiger partial charge in [-0.25, -0.2) is 4.98 Å². The van der Waals surface area contributed by atoms with Gasteiger partial charge in [-0.15, -0.1) is 0 Å². The van der Waals surface area contributed by atoms with E-state index < -0.39 is 0 Å². The molecule has 19 heavy (non-hydrogen) atoms. The minimum Gasteiger partial charge on any atom is -0.338 e. The normalized spacial score (nSPS) is 12.6. The number of benzene rings is 1. The Morgan fingerprint density at radius 1 is 1.42 bits per heavy atom. The fraction of sp³-hybridized carbons (Fsp3) is 0.400. The van der Waals surface area contributed by atoms with Crippen LogP contribution in [0.1, 0.15) is 29.4 Å². The molecule has 0 radical (unpaired) electrons. The van der Waals surface area contributed by atoms with Crippen LogP contribution in [0.2, 0.25) is 5.02 Å². The molecule has 0 saturated carbocycles. The summed E-state index contributed by atoms with van der Waals surface area (Å²) >= 11 is 6.10. The summed E-state index contributed by atoms with van der Waals surface area (Å²) in [6, 6.07) is 6.36. The highest BCUT2D eigenvalue weighted by atomic mass is 35.5. The number of nitrogens with zero attached hydrogens (tertiary/aromatic N) is 2. The summed E-state index contributed by atoms with van der Waals surface area (Å²) in [6.07, 6.45) is 5.77. The molecule has 1 heterocycles. The van der Waals surface area contributed by atoms with Gasteiger partial charge in [-0.1, -0.05) is 17.7 Å². The molecule has 1 unspecified atom stereocenters. The second kappa shape index (κ2) is 6.22. The van der Waals surface area contributed by atoms with Gasteiger partial charge in [0, 0.05) is 36.9 Å². The van der Waals surface area contributed by atoms with E-state index in [4.69, 9.17) is 11.6 Å². The van der Waals surface area contributed by atoms with E-state index in [0.29, 0.717) is 6.04 Å². The van der Waals surface area contributed by atoms with Crippen LogP contribution in [0, 0.1) is 6.92 Å². The first-order valence-corrected chi connectivity index (χ1v) is 6.89. The van der Waals surface area contributed by atoms with Gasteiger partial charge < -0.3 is 9.88 Å². The second-order valence-electron chi connectivity index (χ2n) is 4.84.